The summed E-state index contributed by atoms with van der Waals surface area (Å²) < 4.78 is 29.4. The predicted octanol–water partition coefficient (Wildman–Crippen LogP) is 4.39. The van der Waals surface area contributed by atoms with Gasteiger partial charge in [-0.25, -0.2) is 0 Å². The number of benzene rings is 2. The van der Waals surface area contributed by atoms with Gasteiger partial charge in [0.2, 0.25) is 5.91 Å². The second kappa shape index (κ2) is 9.88. The number of amides is 1. The maximum absolute atomic E-state index is 12.5. The predicted molar refractivity (Wildman–Crippen MR) is 98.9 cm³/mol. The first-order valence-corrected chi connectivity index (χ1v) is 8.14. The molecular weight excluding hydrogens is 350 g/mol. The first-order valence-electron chi connectivity index (χ1n) is 8.14. The first-order chi connectivity index (χ1) is 13.0. The summed E-state index contributed by atoms with van der Waals surface area (Å²) in [5.74, 6) is -0.301. The van der Waals surface area contributed by atoms with Crippen molar-refractivity contribution >= 4 is 12.0 Å². The van der Waals surface area contributed by atoms with Crippen molar-refractivity contribution < 1.29 is 18.3 Å². The molecule has 1 amide bonds. The van der Waals surface area contributed by atoms with Crippen molar-refractivity contribution in [3.8, 4) is 11.8 Å². The van der Waals surface area contributed by atoms with Gasteiger partial charge in [-0.3, -0.25) is 4.79 Å². The molecule has 0 unspecified atom stereocenters. The maximum Gasteiger partial charge on any atom is 0.387 e. The summed E-state index contributed by atoms with van der Waals surface area (Å²) >= 11 is 0. The molecule has 0 spiro atoms. The summed E-state index contributed by atoms with van der Waals surface area (Å²) in [6.45, 7) is 1.36. The van der Waals surface area contributed by atoms with Crippen LogP contribution >= 0.6 is 0 Å². The minimum Gasteiger partial charge on any atom is -0.434 e. The lowest BCUT2D eigenvalue weighted by molar-refractivity contribution is -0.126. The average molecular weight is 368 g/mol. The normalized spacial score (nSPS) is 10.6. The average Bonchev–Trinajstić information content (AvgIpc) is 2.67. The molecule has 0 aromatic heterocycles. The molecule has 0 aliphatic carbocycles. The van der Waals surface area contributed by atoms with Crippen LogP contribution in [0.3, 0.4) is 0 Å². The number of nitrogens with zero attached hydrogens (tertiary/aromatic N) is 2. The highest BCUT2D eigenvalue weighted by molar-refractivity contribution is 5.92. The minimum atomic E-state index is -2.94. The summed E-state index contributed by atoms with van der Waals surface area (Å²) in [5, 5.41) is 8.84. The quantitative estimate of drug-likeness (QED) is 0.513. The van der Waals surface area contributed by atoms with Crippen LogP contribution in [0.1, 0.15) is 16.7 Å². The van der Waals surface area contributed by atoms with E-state index in [1.54, 1.807) is 53.4 Å². The van der Waals surface area contributed by atoms with Gasteiger partial charge in [0.25, 0.3) is 0 Å². The van der Waals surface area contributed by atoms with Gasteiger partial charge in [-0.1, -0.05) is 36.4 Å². The summed E-state index contributed by atoms with van der Waals surface area (Å²) in [5.41, 5.74) is 1.78. The van der Waals surface area contributed by atoms with E-state index in [-0.39, 0.29) is 11.7 Å². The van der Waals surface area contributed by atoms with E-state index < -0.39 is 6.61 Å². The highest BCUT2D eigenvalue weighted by Crippen LogP contribution is 2.21. The highest BCUT2D eigenvalue weighted by Gasteiger charge is 2.11. The van der Waals surface area contributed by atoms with Crippen molar-refractivity contribution in [1.82, 2.24) is 4.90 Å². The van der Waals surface area contributed by atoms with Crippen LogP contribution in [0.2, 0.25) is 0 Å². The smallest absolute Gasteiger partial charge is 0.387 e. The van der Waals surface area contributed by atoms with Gasteiger partial charge in [0.15, 0.2) is 0 Å². The highest BCUT2D eigenvalue weighted by atomic mass is 19.3. The van der Waals surface area contributed by atoms with E-state index in [9.17, 15) is 13.6 Å². The number of carbonyl (C=O) groups is 1. The van der Waals surface area contributed by atoms with E-state index in [1.165, 1.54) is 18.2 Å². The lowest BCUT2D eigenvalue weighted by atomic mass is 10.1. The Morgan fingerprint density at radius 1 is 1.22 bits per heavy atom. The van der Waals surface area contributed by atoms with Crippen LogP contribution < -0.4 is 4.74 Å². The van der Waals surface area contributed by atoms with Crippen LogP contribution in [-0.2, 0) is 11.3 Å². The second-order valence-corrected chi connectivity index (χ2v) is 5.57. The van der Waals surface area contributed by atoms with E-state index in [0.717, 1.165) is 5.56 Å². The van der Waals surface area contributed by atoms with E-state index in [2.05, 4.69) is 11.3 Å². The zero-order valence-corrected chi connectivity index (χ0v) is 14.5. The van der Waals surface area contributed by atoms with Crippen molar-refractivity contribution in [3.63, 3.8) is 0 Å². The lowest BCUT2D eigenvalue weighted by Gasteiger charge is -2.19. The molecule has 4 nitrogen and oxygen atoms in total. The van der Waals surface area contributed by atoms with Gasteiger partial charge >= 0.3 is 6.61 Å². The number of alkyl halides is 2. The van der Waals surface area contributed by atoms with E-state index in [4.69, 9.17) is 5.26 Å². The largest absolute Gasteiger partial charge is 0.434 e. The Labute approximate surface area is 156 Å². The molecule has 0 bridgehead atoms. The van der Waals surface area contributed by atoms with Crippen LogP contribution in [0.5, 0.6) is 5.75 Å². The van der Waals surface area contributed by atoms with E-state index >= 15 is 0 Å². The SMILES string of the molecule is C=CCN(Cc1ccc(C#N)cc1)C(=O)/C=C/c1ccccc1OC(F)F. The van der Waals surface area contributed by atoms with Crippen molar-refractivity contribution in [2.24, 2.45) is 0 Å². The fourth-order valence-electron chi connectivity index (χ4n) is 2.38. The number of rotatable bonds is 8. The molecule has 6 heteroatoms. The van der Waals surface area contributed by atoms with Crippen molar-refractivity contribution in [2.75, 3.05) is 6.54 Å². The molecule has 0 heterocycles. The Balaban J connectivity index is 2.13. The molecule has 27 heavy (non-hydrogen) atoms. The molecule has 2 rings (SSSR count). The lowest BCUT2D eigenvalue weighted by Crippen LogP contribution is -2.29. The fraction of sp³-hybridized carbons (Fsp3) is 0.143. The molecule has 0 atom stereocenters. The van der Waals surface area contributed by atoms with Crippen molar-refractivity contribution in [3.05, 3.63) is 84.0 Å². The number of ether oxygens (including phenoxy) is 1. The number of hydrogen-bond acceptors (Lipinski definition) is 3. The molecule has 0 fully saturated rings. The minimum absolute atomic E-state index is 0.00101. The third-order valence-electron chi connectivity index (χ3n) is 3.66. The Hall–Kier alpha value is -3.46. The van der Waals surface area contributed by atoms with Crippen LogP contribution in [0.25, 0.3) is 6.08 Å². The molecule has 138 valence electrons. The molecule has 2 aromatic carbocycles. The Kier molecular flexibility index (Phi) is 7.26. The topological polar surface area (TPSA) is 53.3 Å². The third-order valence-corrected chi connectivity index (χ3v) is 3.66. The monoisotopic (exact) mass is 368 g/mol. The van der Waals surface area contributed by atoms with Crippen LogP contribution in [0.4, 0.5) is 8.78 Å². The summed E-state index contributed by atoms with van der Waals surface area (Å²) in [4.78, 5) is 14.1. The third kappa shape index (κ3) is 6.08. The molecule has 0 aliphatic rings. The Morgan fingerprint density at radius 3 is 2.56 bits per heavy atom. The first kappa shape index (κ1) is 19.9. The molecule has 0 N–H and O–H groups in total. The second-order valence-electron chi connectivity index (χ2n) is 5.57. The van der Waals surface area contributed by atoms with Gasteiger partial charge in [-0.15, -0.1) is 6.58 Å². The van der Waals surface area contributed by atoms with Crippen LogP contribution in [0, 0.1) is 11.3 Å². The van der Waals surface area contributed by atoms with Gasteiger partial charge in [-0.05, 0) is 29.8 Å². The number of carbonyl (C=O) groups excluding carboxylic acids is 1. The Bertz CT molecular complexity index is 855. The molecule has 0 saturated heterocycles. The van der Waals surface area contributed by atoms with Gasteiger partial charge < -0.3 is 9.64 Å². The van der Waals surface area contributed by atoms with E-state index in [1.807, 2.05) is 6.07 Å². The summed E-state index contributed by atoms with van der Waals surface area (Å²) in [6.07, 6.45) is 4.35. The van der Waals surface area contributed by atoms with Gasteiger partial charge in [0.05, 0.1) is 11.6 Å². The number of hydrogen-bond donors (Lipinski definition) is 0. The van der Waals surface area contributed by atoms with Crippen LogP contribution in [0.15, 0.2) is 67.3 Å². The van der Waals surface area contributed by atoms with Crippen molar-refractivity contribution in [1.29, 1.82) is 5.26 Å². The maximum atomic E-state index is 12.5. The van der Waals surface area contributed by atoms with Gasteiger partial charge in [0, 0.05) is 24.7 Å². The van der Waals surface area contributed by atoms with Gasteiger partial charge in [0.1, 0.15) is 5.75 Å². The zero-order valence-electron chi connectivity index (χ0n) is 14.5. The summed E-state index contributed by atoms with van der Waals surface area (Å²) in [7, 11) is 0. The van der Waals surface area contributed by atoms with E-state index in [0.29, 0.717) is 24.2 Å². The van der Waals surface area contributed by atoms with Crippen molar-refractivity contribution in [2.45, 2.75) is 13.2 Å². The van der Waals surface area contributed by atoms with Crippen LogP contribution in [-0.4, -0.2) is 24.0 Å². The molecule has 0 saturated carbocycles. The Morgan fingerprint density at radius 2 is 1.93 bits per heavy atom. The fourth-order valence-corrected chi connectivity index (χ4v) is 2.38. The molecule has 2 aromatic rings. The number of halogens is 2. The summed E-state index contributed by atoms with van der Waals surface area (Å²) in [6, 6.07) is 15.2. The van der Waals surface area contributed by atoms with Gasteiger partial charge in [-0.2, -0.15) is 14.0 Å². The molecule has 0 radical (unpaired) electrons. The number of para-hydroxylation sites is 1. The number of nitriles is 1. The standard InChI is InChI=1S/C21H18F2N2O2/c1-2-13-25(15-17-9-7-16(14-24)8-10-17)20(26)12-11-18-5-3-4-6-19(18)27-21(22)23/h2-12,21H,1,13,15H2/b12-11+. The molecular formula is C21H18F2N2O2. The molecule has 0 aliphatic heterocycles. The zero-order chi connectivity index (χ0) is 19.6.